The smallest absolute Gasteiger partial charge is 0.239 e. The normalized spacial score (nSPS) is 28.0. The van der Waals surface area contributed by atoms with Crippen LogP contribution in [0.15, 0.2) is 0 Å². The molecule has 1 aliphatic carbocycles. The van der Waals surface area contributed by atoms with Crippen molar-refractivity contribution < 1.29 is 9.90 Å². The van der Waals surface area contributed by atoms with Gasteiger partial charge in [0.2, 0.25) is 5.91 Å². The van der Waals surface area contributed by atoms with Gasteiger partial charge in [0.05, 0.1) is 17.8 Å². The summed E-state index contributed by atoms with van der Waals surface area (Å²) in [6.07, 6.45) is 4.42. The molecule has 6 nitrogen and oxygen atoms in total. The predicted octanol–water partition coefficient (Wildman–Crippen LogP) is 0.359. The average Bonchev–Trinajstić information content (AvgIpc) is 3.17. The number of H-pyrrole nitrogens is 1. The van der Waals surface area contributed by atoms with Crippen LogP contribution in [0.3, 0.4) is 0 Å². The highest BCUT2D eigenvalue weighted by atomic mass is 35.5. The third-order valence-electron chi connectivity index (χ3n) is 4.93. The Hall–Kier alpha value is -1.11. The van der Waals surface area contributed by atoms with E-state index in [4.69, 9.17) is 0 Å². The van der Waals surface area contributed by atoms with Crippen molar-refractivity contribution in [1.82, 2.24) is 20.4 Å². The Balaban J connectivity index is 0.00000144. The van der Waals surface area contributed by atoms with Crippen LogP contribution in [-0.4, -0.2) is 57.9 Å². The van der Waals surface area contributed by atoms with Crippen LogP contribution in [0.1, 0.15) is 42.1 Å². The molecule has 0 spiro atoms. The van der Waals surface area contributed by atoms with E-state index in [1.165, 1.54) is 29.8 Å². The van der Waals surface area contributed by atoms with Crippen LogP contribution in [0, 0.1) is 0 Å². The number of hydrogen-bond donors (Lipinski definition) is 3. The molecule has 1 aromatic rings. The average molecular weight is 327 g/mol. The summed E-state index contributed by atoms with van der Waals surface area (Å²) in [5, 5.41) is 20.4. The molecule has 122 valence electrons. The monoisotopic (exact) mass is 326 g/mol. The number of hydrogen-bond acceptors (Lipinski definition) is 4. The Labute approximate surface area is 136 Å². The molecule has 1 amide bonds. The number of carbonyl (C=O) groups is 1. The molecule has 3 aliphatic rings. The van der Waals surface area contributed by atoms with Crippen LogP contribution in [0.25, 0.3) is 0 Å². The van der Waals surface area contributed by atoms with E-state index in [9.17, 15) is 9.90 Å². The molecular formula is C15H23ClN4O2. The number of aromatic nitrogens is 2. The fraction of sp³-hybridized carbons (Fsp3) is 0.733. The Kier molecular flexibility index (Phi) is 4.43. The fourth-order valence-corrected chi connectivity index (χ4v) is 3.55. The van der Waals surface area contributed by atoms with Crippen molar-refractivity contribution in [2.24, 2.45) is 0 Å². The second-order valence-corrected chi connectivity index (χ2v) is 6.52. The molecule has 1 aromatic heterocycles. The van der Waals surface area contributed by atoms with Crippen LogP contribution in [-0.2, 0) is 17.6 Å². The summed E-state index contributed by atoms with van der Waals surface area (Å²) < 4.78 is 0. The molecule has 0 radical (unpaired) electrons. The lowest BCUT2D eigenvalue weighted by molar-refractivity contribution is -0.133. The molecule has 1 saturated carbocycles. The van der Waals surface area contributed by atoms with E-state index < -0.39 is 0 Å². The summed E-state index contributed by atoms with van der Waals surface area (Å²) >= 11 is 0. The lowest BCUT2D eigenvalue weighted by atomic mass is 10.1. The van der Waals surface area contributed by atoms with E-state index in [1.54, 1.807) is 0 Å². The van der Waals surface area contributed by atoms with E-state index in [0.717, 1.165) is 25.9 Å². The van der Waals surface area contributed by atoms with Gasteiger partial charge in [-0.05, 0) is 31.2 Å². The van der Waals surface area contributed by atoms with Crippen LogP contribution in [0.2, 0.25) is 0 Å². The molecule has 2 fully saturated rings. The molecule has 1 saturated heterocycles. The molecule has 22 heavy (non-hydrogen) atoms. The van der Waals surface area contributed by atoms with Gasteiger partial charge in [0, 0.05) is 37.7 Å². The van der Waals surface area contributed by atoms with Gasteiger partial charge in [-0.25, -0.2) is 0 Å². The molecule has 0 unspecified atom stereocenters. The van der Waals surface area contributed by atoms with Gasteiger partial charge in [-0.1, -0.05) is 0 Å². The van der Waals surface area contributed by atoms with Gasteiger partial charge in [0.1, 0.15) is 0 Å². The van der Waals surface area contributed by atoms with Crippen LogP contribution >= 0.6 is 12.4 Å². The van der Waals surface area contributed by atoms with E-state index in [-0.39, 0.29) is 30.5 Å². The number of amides is 1. The number of nitrogens with zero attached hydrogens (tertiary/aromatic N) is 2. The first-order valence-electron chi connectivity index (χ1n) is 7.98. The largest absolute Gasteiger partial charge is 0.392 e. The van der Waals surface area contributed by atoms with E-state index in [2.05, 4.69) is 15.5 Å². The van der Waals surface area contributed by atoms with Crippen molar-refractivity contribution in [3.63, 3.8) is 0 Å². The lowest BCUT2D eigenvalue weighted by Gasteiger charge is -2.23. The number of nitrogens with one attached hydrogen (secondary N) is 2. The first-order chi connectivity index (χ1) is 10.2. The summed E-state index contributed by atoms with van der Waals surface area (Å²) in [4.78, 5) is 14.5. The van der Waals surface area contributed by atoms with Crippen molar-refractivity contribution in [2.45, 2.75) is 50.2 Å². The Morgan fingerprint density at radius 1 is 1.27 bits per heavy atom. The van der Waals surface area contributed by atoms with Crippen molar-refractivity contribution in [3.8, 4) is 0 Å². The minimum Gasteiger partial charge on any atom is -0.392 e. The van der Waals surface area contributed by atoms with Gasteiger partial charge in [-0.3, -0.25) is 9.89 Å². The van der Waals surface area contributed by atoms with Gasteiger partial charge in [-0.2, -0.15) is 5.10 Å². The van der Waals surface area contributed by atoms with Crippen molar-refractivity contribution in [1.29, 1.82) is 0 Å². The van der Waals surface area contributed by atoms with E-state index in [0.29, 0.717) is 18.9 Å². The lowest BCUT2D eigenvalue weighted by Crippen LogP contribution is -2.44. The number of halogens is 1. The maximum atomic E-state index is 12.5. The summed E-state index contributed by atoms with van der Waals surface area (Å²) in [5.41, 5.74) is 3.81. The van der Waals surface area contributed by atoms with Crippen molar-refractivity contribution in [2.75, 3.05) is 19.6 Å². The molecule has 4 rings (SSSR count). The molecule has 2 atom stereocenters. The highest BCUT2D eigenvalue weighted by Gasteiger charge is 2.34. The van der Waals surface area contributed by atoms with E-state index in [1.807, 2.05) is 4.90 Å². The standard InChI is InChI=1S/C15H22N4O2.ClH/c20-10-7-13(16-8-10)15(21)19-5-3-11-12(4-6-19)17-18-14(11)9-1-2-9;/h9-10,13,16,20H,1-8H2,(H,17,18);1H/t10-,13+;/m1./s1. The summed E-state index contributed by atoms with van der Waals surface area (Å²) in [6.45, 7) is 2.03. The molecular weight excluding hydrogens is 304 g/mol. The van der Waals surface area contributed by atoms with Crippen LogP contribution in [0.5, 0.6) is 0 Å². The Bertz CT molecular complexity index is 558. The second kappa shape index (κ2) is 6.18. The topological polar surface area (TPSA) is 81.2 Å². The Morgan fingerprint density at radius 3 is 2.73 bits per heavy atom. The number of β-amino-alcohol motifs (C(OH)–C–C–N with tert-alkyl or cyclic N) is 1. The van der Waals surface area contributed by atoms with Gasteiger partial charge in [-0.15, -0.1) is 12.4 Å². The third kappa shape index (κ3) is 2.87. The summed E-state index contributed by atoms with van der Waals surface area (Å²) in [7, 11) is 0. The quantitative estimate of drug-likeness (QED) is 0.733. The maximum absolute atomic E-state index is 12.5. The van der Waals surface area contributed by atoms with E-state index >= 15 is 0 Å². The zero-order chi connectivity index (χ0) is 14.4. The SMILES string of the molecule is Cl.O=C([C@@H]1C[C@@H](O)CN1)N1CCc2[nH]nc(C3CC3)c2CC1. The van der Waals surface area contributed by atoms with Gasteiger partial charge >= 0.3 is 0 Å². The number of carbonyl (C=O) groups excluding carboxylic acids is 1. The molecule has 2 aliphatic heterocycles. The number of aromatic amines is 1. The van der Waals surface area contributed by atoms with Gasteiger partial charge < -0.3 is 15.3 Å². The molecule has 7 heteroatoms. The fourth-order valence-electron chi connectivity index (χ4n) is 3.55. The zero-order valence-electron chi connectivity index (χ0n) is 12.5. The molecule has 3 heterocycles. The minimum absolute atomic E-state index is 0. The highest BCUT2D eigenvalue weighted by molar-refractivity contribution is 5.85. The first-order valence-corrected chi connectivity index (χ1v) is 7.98. The molecule has 0 bridgehead atoms. The van der Waals surface area contributed by atoms with Crippen molar-refractivity contribution in [3.05, 3.63) is 17.0 Å². The minimum atomic E-state index is -0.385. The highest BCUT2D eigenvalue weighted by Crippen LogP contribution is 2.41. The summed E-state index contributed by atoms with van der Waals surface area (Å²) in [5.74, 6) is 0.788. The zero-order valence-corrected chi connectivity index (χ0v) is 13.4. The van der Waals surface area contributed by atoms with Crippen LogP contribution in [0.4, 0.5) is 0 Å². The van der Waals surface area contributed by atoms with Gasteiger partial charge in [0.15, 0.2) is 0 Å². The number of fused-ring (bicyclic) bond motifs is 1. The third-order valence-corrected chi connectivity index (χ3v) is 4.93. The van der Waals surface area contributed by atoms with Crippen molar-refractivity contribution >= 4 is 18.3 Å². The van der Waals surface area contributed by atoms with Gasteiger partial charge in [0.25, 0.3) is 0 Å². The number of rotatable bonds is 2. The molecule has 0 aromatic carbocycles. The number of aliphatic hydroxyl groups is 1. The molecule has 3 N–H and O–H groups in total. The summed E-state index contributed by atoms with van der Waals surface area (Å²) in [6, 6.07) is -0.211. The predicted molar refractivity (Wildman–Crippen MR) is 84.2 cm³/mol. The maximum Gasteiger partial charge on any atom is 0.239 e. The Morgan fingerprint density at radius 2 is 2.05 bits per heavy atom. The van der Waals surface area contributed by atoms with Crippen LogP contribution < -0.4 is 5.32 Å². The number of aliphatic hydroxyl groups excluding tert-OH is 1. The second-order valence-electron chi connectivity index (χ2n) is 6.52. The first kappa shape index (κ1) is 15.8.